The van der Waals surface area contributed by atoms with Gasteiger partial charge in [0.2, 0.25) is 0 Å². The highest BCUT2D eigenvalue weighted by Crippen LogP contribution is 2.84. The number of hydrogen-bond donors (Lipinski definition) is 1. The molecule has 0 spiro atoms. The molecular formula is C41H64N2O5. The molecule has 3 heterocycles. The quantitative estimate of drug-likeness (QED) is 0.214. The number of likely N-dealkylation sites (tertiary alicyclic amines) is 1. The maximum atomic E-state index is 14.2. The number of ether oxygens (including phenoxy) is 2. The molecule has 8 aliphatic rings. The maximum Gasteiger partial charge on any atom is 0.315 e. The average Bonchev–Trinajstić information content (AvgIpc) is 3.87. The molecule has 1 N–H and O–H groups in total. The highest BCUT2D eigenvalue weighted by atomic mass is 16.5. The number of hydrogen-bond acceptors (Lipinski definition) is 6. The van der Waals surface area contributed by atoms with E-state index in [1.807, 2.05) is 0 Å². The molecule has 5 aliphatic carbocycles. The molecule has 7 fully saturated rings. The summed E-state index contributed by atoms with van der Waals surface area (Å²) >= 11 is 0. The maximum absolute atomic E-state index is 14.2. The molecule has 4 saturated carbocycles. The van der Waals surface area contributed by atoms with Gasteiger partial charge in [0.1, 0.15) is 11.7 Å². The van der Waals surface area contributed by atoms with Crippen molar-refractivity contribution >= 4 is 12.3 Å². The number of carbonyl (C=O) groups is 2. The molecule has 12 atom stereocenters. The first-order valence-corrected chi connectivity index (χ1v) is 20.2. The summed E-state index contributed by atoms with van der Waals surface area (Å²) in [5.41, 5.74) is -1.44. The van der Waals surface area contributed by atoms with E-state index in [4.69, 9.17) is 9.47 Å². The summed E-state index contributed by atoms with van der Waals surface area (Å²) in [6.07, 6.45) is 17.8. The number of morpholine rings is 1. The smallest absolute Gasteiger partial charge is 0.315 e. The molecule has 0 aromatic heterocycles. The molecule has 8 rings (SSSR count). The van der Waals surface area contributed by atoms with E-state index in [1.165, 1.54) is 51.2 Å². The minimum Gasteiger partial charge on any atom is -0.481 e. The molecule has 7 unspecified atom stereocenters. The minimum atomic E-state index is -1.14. The van der Waals surface area contributed by atoms with Crippen LogP contribution < -0.4 is 0 Å². The Hall–Kier alpha value is -1.28. The highest BCUT2D eigenvalue weighted by molar-refractivity contribution is 5.90. The third-order valence-electron chi connectivity index (χ3n) is 16.0. The molecule has 3 aliphatic heterocycles. The molecule has 4 bridgehead atoms. The Balaban J connectivity index is 1.09. The fourth-order valence-electron chi connectivity index (χ4n) is 14.3. The first-order valence-electron chi connectivity index (χ1n) is 20.2. The lowest BCUT2D eigenvalue weighted by molar-refractivity contribution is -0.197. The second kappa shape index (κ2) is 12.4. The summed E-state index contributed by atoms with van der Waals surface area (Å²) in [6.45, 7) is 16.4. The van der Waals surface area contributed by atoms with Crippen molar-refractivity contribution in [1.29, 1.82) is 0 Å². The number of aliphatic carboxylic acids is 1. The number of fused-ring (bicyclic) bond motifs is 2. The van der Waals surface area contributed by atoms with Gasteiger partial charge in [-0.1, -0.05) is 64.5 Å². The SMILES string of the molecule is CC(C)C1=CC2CC3(C=O)[C@@H]4CC[C@@H](C)[C@H]4CC2(C2CC(CC4CCCC4)C(CN4CCC(N5C[C@@H](C)O[C@@H](C)C5)CC4)O2)C13C(=O)O. The van der Waals surface area contributed by atoms with Gasteiger partial charge in [-0.15, -0.1) is 0 Å². The number of carbonyl (C=O) groups excluding carboxylic acids is 1. The van der Waals surface area contributed by atoms with Crippen LogP contribution in [-0.2, 0) is 19.1 Å². The number of piperidine rings is 1. The van der Waals surface area contributed by atoms with E-state index in [0.29, 0.717) is 42.4 Å². The van der Waals surface area contributed by atoms with Crippen LogP contribution in [0.3, 0.4) is 0 Å². The van der Waals surface area contributed by atoms with Crippen LogP contribution in [0.15, 0.2) is 11.6 Å². The van der Waals surface area contributed by atoms with Crippen molar-refractivity contribution in [1.82, 2.24) is 9.80 Å². The Morgan fingerprint density at radius 2 is 1.71 bits per heavy atom. The van der Waals surface area contributed by atoms with E-state index in [-0.39, 0.29) is 30.0 Å². The van der Waals surface area contributed by atoms with Crippen molar-refractivity contribution in [3.63, 3.8) is 0 Å². The number of rotatable bonds is 9. The van der Waals surface area contributed by atoms with Gasteiger partial charge < -0.3 is 24.3 Å². The standard InChI is InChI=1S/C41H64N2O5/c1-25(2)35-18-31-19-39(24-44)34-11-10-26(3)33(34)20-40(31,41(35,39)38(45)46)37-17-30(16-29-8-6-7-9-29)36(48-37)23-42-14-12-32(13-15-42)43-21-27(4)47-28(5)22-43/h18,24-34,36-37H,6-17,19-23H2,1-5H3,(H,45,46)/t26-,27-,28+,30?,31?,33-,34-,36?,37?,39?,40?,41?/m1/s1. The number of carboxylic acids is 1. The van der Waals surface area contributed by atoms with Crippen molar-refractivity contribution in [3.8, 4) is 0 Å². The fourth-order valence-corrected chi connectivity index (χ4v) is 14.3. The Morgan fingerprint density at radius 3 is 2.35 bits per heavy atom. The predicted molar refractivity (Wildman–Crippen MR) is 186 cm³/mol. The van der Waals surface area contributed by atoms with Gasteiger partial charge in [-0.2, -0.15) is 0 Å². The third-order valence-corrected chi connectivity index (χ3v) is 16.0. The fraction of sp³-hybridized carbons (Fsp3) is 0.902. The van der Waals surface area contributed by atoms with E-state index < -0.39 is 22.2 Å². The van der Waals surface area contributed by atoms with Gasteiger partial charge in [0.15, 0.2) is 0 Å². The Bertz CT molecular complexity index is 1260. The van der Waals surface area contributed by atoms with Crippen molar-refractivity contribution in [2.45, 2.75) is 142 Å². The summed E-state index contributed by atoms with van der Waals surface area (Å²) in [5.74, 6) is 1.82. The van der Waals surface area contributed by atoms with Gasteiger partial charge in [0, 0.05) is 31.1 Å². The molecule has 0 aromatic carbocycles. The summed E-state index contributed by atoms with van der Waals surface area (Å²) in [4.78, 5) is 33.2. The largest absolute Gasteiger partial charge is 0.481 e. The lowest BCUT2D eigenvalue weighted by Gasteiger charge is -2.60. The molecule has 7 nitrogen and oxygen atoms in total. The number of nitrogens with zero attached hydrogens (tertiary/aromatic N) is 2. The van der Waals surface area contributed by atoms with Gasteiger partial charge in [-0.25, -0.2) is 0 Å². The molecule has 0 radical (unpaired) electrons. The summed E-state index contributed by atoms with van der Waals surface area (Å²) in [7, 11) is 0. The molecule has 3 saturated heterocycles. The highest BCUT2D eigenvalue weighted by Gasteiger charge is 2.86. The number of carboxylic acid groups (broad SMARTS) is 1. The zero-order valence-corrected chi connectivity index (χ0v) is 30.6. The molecular weight excluding hydrogens is 600 g/mol. The van der Waals surface area contributed by atoms with E-state index in [1.54, 1.807) is 0 Å². The predicted octanol–water partition coefficient (Wildman–Crippen LogP) is 6.84. The first kappa shape index (κ1) is 33.8. The van der Waals surface area contributed by atoms with Gasteiger partial charge >= 0.3 is 5.97 Å². The third kappa shape index (κ3) is 4.78. The van der Waals surface area contributed by atoms with Crippen LogP contribution in [0.4, 0.5) is 0 Å². The zero-order valence-electron chi connectivity index (χ0n) is 30.6. The van der Waals surface area contributed by atoms with Crippen LogP contribution in [0.5, 0.6) is 0 Å². The van der Waals surface area contributed by atoms with E-state index in [9.17, 15) is 14.7 Å². The Morgan fingerprint density at radius 1 is 1.00 bits per heavy atom. The van der Waals surface area contributed by atoms with Crippen LogP contribution in [0.2, 0.25) is 0 Å². The number of allylic oxidation sites excluding steroid dienone is 1. The molecule has 48 heavy (non-hydrogen) atoms. The van der Waals surface area contributed by atoms with Crippen molar-refractivity contribution in [3.05, 3.63) is 11.6 Å². The van der Waals surface area contributed by atoms with Crippen LogP contribution in [0.1, 0.15) is 112 Å². The second-order valence-corrected chi connectivity index (χ2v) is 18.7. The summed E-state index contributed by atoms with van der Waals surface area (Å²) in [6, 6.07) is 0.630. The van der Waals surface area contributed by atoms with Gasteiger partial charge in [-0.3, -0.25) is 9.69 Å². The summed E-state index contributed by atoms with van der Waals surface area (Å²) in [5, 5.41) is 11.6. The Kier molecular flexibility index (Phi) is 8.77. The monoisotopic (exact) mass is 664 g/mol. The second-order valence-electron chi connectivity index (χ2n) is 18.7. The molecule has 0 amide bonds. The van der Waals surface area contributed by atoms with E-state index in [2.05, 4.69) is 50.5 Å². The zero-order chi connectivity index (χ0) is 33.6. The van der Waals surface area contributed by atoms with Crippen LogP contribution in [-0.4, -0.2) is 90.3 Å². The van der Waals surface area contributed by atoms with Crippen LogP contribution in [0, 0.1) is 57.7 Å². The number of aldehydes is 1. The van der Waals surface area contributed by atoms with E-state index in [0.717, 1.165) is 69.9 Å². The lowest BCUT2D eigenvalue weighted by Crippen LogP contribution is -2.65. The first-order chi connectivity index (χ1) is 23.0. The summed E-state index contributed by atoms with van der Waals surface area (Å²) < 4.78 is 13.5. The van der Waals surface area contributed by atoms with Gasteiger partial charge in [0.05, 0.1) is 29.8 Å². The van der Waals surface area contributed by atoms with Crippen LogP contribution >= 0.6 is 0 Å². The molecule has 0 aromatic rings. The van der Waals surface area contributed by atoms with E-state index >= 15 is 0 Å². The van der Waals surface area contributed by atoms with Crippen molar-refractivity contribution in [2.24, 2.45) is 57.7 Å². The van der Waals surface area contributed by atoms with Crippen molar-refractivity contribution < 1.29 is 24.2 Å². The minimum absolute atomic E-state index is 0.102. The topological polar surface area (TPSA) is 79.3 Å². The van der Waals surface area contributed by atoms with Crippen molar-refractivity contribution in [2.75, 3.05) is 32.7 Å². The average molecular weight is 665 g/mol. The van der Waals surface area contributed by atoms with Crippen LogP contribution in [0.25, 0.3) is 0 Å². The normalized spacial score (nSPS) is 48.4. The molecule has 268 valence electrons. The van der Waals surface area contributed by atoms with Gasteiger partial charge in [0.25, 0.3) is 0 Å². The molecule has 7 heteroatoms. The lowest BCUT2D eigenvalue weighted by atomic mass is 9.41. The Labute approximate surface area is 289 Å². The van der Waals surface area contributed by atoms with Gasteiger partial charge in [-0.05, 0) is 113 Å².